The summed E-state index contributed by atoms with van der Waals surface area (Å²) in [5, 5.41) is 0. The lowest BCUT2D eigenvalue weighted by molar-refractivity contribution is 0.329. The highest BCUT2D eigenvalue weighted by Crippen LogP contribution is 2.44. The molecule has 0 bridgehead atoms. The summed E-state index contributed by atoms with van der Waals surface area (Å²) < 4.78 is 2.31. The Bertz CT molecular complexity index is 1120. The van der Waals surface area contributed by atoms with Crippen LogP contribution in [0.25, 0.3) is 5.69 Å². The van der Waals surface area contributed by atoms with E-state index in [0.717, 1.165) is 12.8 Å². The molecule has 2 heteroatoms. The molecule has 2 unspecified atom stereocenters. The van der Waals surface area contributed by atoms with Gasteiger partial charge < -0.3 is 4.57 Å². The highest BCUT2D eigenvalue weighted by Gasteiger charge is 2.39. The maximum absolute atomic E-state index is 5.02. The molecule has 0 aliphatic heterocycles. The molecule has 1 heterocycles. The van der Waals surface area contributed by atoms with Gasteiger partial charge in [-0.05, 0) is 36.1 Å². The second-order valence-corrected chi connectivity index (χ2v) is 10.0. The average molecular weight is 465 g/mol. The fraction of sp³-hybridized carbons (Fsp3) is 0.364. The summed E-state index contributed by atoms with van der Waals surface area (Å²) in [5.41, 5.74) is 3.87. The first-order valence-electron chi connectivity index (χ1n) is 13.4. The van der Waals surface area contributed by atoms with Gasteiger partial charge in [-0.3, -0.25) is 0 Å². The zero-order valence-electron chi connectivity index (χ0n) is 21.4. The molecule has 2 nitrogen and oxygen atoms in total. The van der Waals surface area contributed by atoms with Gasteiger partial charge in [0, 0.05) is 29.4 Å². The van der Waals surface area contributed by atoms with Crippen molar-refractivity contribution in [3.63, 3.8) is 0 Å². The van der Waals surface area contributed by atoms with Crippen LogP contribution in [-0.4, -0.2) is 9.55 Å². The van der Waals surface area contributed by atoms with E-state index in [9.17, 15) is 0 Å². The van der Waals surface area contributed by atoms with Crippen molar-refractivity contribution >= 4 is 0 Å². The van der Waals surface area contributed by atoms with Gasteiger partial charge in [0.25, 0.3) is 0 Å². The largest absolute Gasteiger partial charge is 0.304 e. The molecule has 0 aliphatic rings. The van der Waals surface area contributed by atoms with E-state index in [-0.39, 0.29) is 5.41 Å². The minimum absolute atomic E-state index is 0.0794. The minimum Gasteiger partial charge on any atom is -0.304 e. The molecule has 3 aromatic carbocycles. The number of para-hydroxylation sites is 1. The third kappa shape index (κ3) is 6.31. The average Bonchev–Trinajstić information content (AvgIpc) is 3.39. The van der Waals surface area contributed by atoms with Gasteiger partial charge in [-0.15, -0.1) is 0 Å². The number of nitrogens with zero attached hydrogens (tertiary/aromatic N) is 2. The summed E-state index contributed by atoms with van der Waals surface area (Å²) in [6.45, 7) is 4.75. The van der Waals surface area contributed by atoms with Gasteiger partial charge in [0.15, 0.2) is 0 Å². The van der Waals surface area contributed by atoms with E-state index in [4.69, 9.17) is 4.98 Å². The Hall–Kier alpha value is -3.13. The van der Waals surface area contributed by atoms with Gasteiger partial charge in [-0.2, -0.15) is 0 Å². The molecule has 0 saturated carbocycles. The lowest BCUT2D eigenvalue weighted by Crippen LogP contribution is -2.35. The van der Waals surface area contributed by atoms with Crippen molar-refractivity contribution in [3.8, 4) is 5.69 Å². The molecule has 0 radical (unpaired) electrons. The fourth-order valence-corrected chi connectivity index (χ4v) is 5.51. The lowest BCUT2D eigenvalue weighted by Gasteiger charge is -2.39. The predicted molar refractivity (Wildman–Crippen MR) is 148 cm³/mol. The van der Waals surface area contributed by atoms with Crippen molar-refractivity contribution in [1.82, 2.24) is 9.55 Å². The van der Waals surface area contributed by atoms with Crippen molar-refractivity contribution in [2.75, 3.05) is 0 Å². The maximum Gasteiger partial charge on any atom is 0.117 e. The van der Waals surface area contributed by atoms with E-state index in [0.29, 0.717) is 5.92 Å². The quantitative estimate of drug-likeness (QED) is 0.181. The van der Waals surface area contributed by atoms with Crippen molar-refractivity contribution in [2.45, 2.75) is 76.5 Å². The van der Waals surface area contributed by atoms with E-state index < -0.39 is 0 Å². The number of hydrogen-bond donors (Lipinski definition) is 0. The third-order valence-corrected chi connectivity index (χ3v) is 7.48. The van der Waals surface area contributed by atoms with Gasteiger partial charge in [0.05, 0.1) is 0 Å². The molecule has 0 N–H and O–H groups in total. The van der Waals surface area contributed by atoms with Crippen molar-refractivity contribution < 1.29 is 0 Å². The molecule has 1 aromatic heterocycles. The molecular formula is C33H40N2. The van der Waals surface area contributed by atoms with Crippen LogP contribution in [0, 0.1) is 0 Å². The number of aromatic nitrogens is 2. The predicted octanol–water partition coefficient (Wildman–Crippen LogP) is 8.91. The topological polar surface area (TPSA) is 17.8 Å². The summed E-state index contributed by atoms with van der Waals surface area (Å²) >= 11 is 0. The minimum atomic E-state index is -0.0794. The van der Waals surface area contributed by atoms with E-state index in [1.165, 1.54) is 61.2 Å². The van der Waals surface area contributed by atoms with Crippen LogP contribution in [0.5, 0.6) is 0 Å². The summed E-state index contributed by atoms with van der Waals surface area (Å²) in [7, 11) is 0. The maximum atomic E-state index is 5.02. The molecule has 0 saturated heterocycles. The summed E-state index contributed by atoms with van der Waals surface area (Å²) in [5.74, 6) is 1.47. The molecule has 4 aromatic rings. The molecule has 182 valence electrons. The third-order valence-electron chi connectivity index (χ3n) is 7.48. The Morgan fingerprint density at radius 1 is 0.743 bits per heavy atom. The van der Waals surface area contributed by atoms with E-state index in [2.05, 4.69) is 116 Å². The first kappa shape index (κ1) is 25.0. The molecule has 4 rings (SSSR count). The molecule has 0 amide bonds. The Labute approximate surface area is 212 Å². The van der Waals surface area contributed by atoms with Crippen LogP contribution in [0.3, 0.4) is 0 Å². The second kappa shape index (κ2) is 12.5. The van der Waals surface area contributed by atoms with Gasteiger partial charge in [0.1, 0.15) is 5.82 Å². The monoisotopic (exact) mass is 464 g/mol. The van der Waals surface area contributed by atoms with E-state index >= 15 is 0 Å². The molecule has 0 aliphatic carbocycles. The van der Waals surface area contributed by atoms with Crippen LogP contribution in [0.4, 0.5) is 0 Å². The van der Waals surface area contributed by atoms with Crippen molar-refractivity contribution in [3.05, 3.63) is 120 Å². The van der Waals surface area contributed by atoms with Crippen LogP contribution in [0.1, 0.15) is 81.7 Å². The highest BCUT2D eigenvalue weighted by molar-refractivity contribution is 5.37. The number of benzene rings is 3. The number of unbranched alkanes of at least 4 members (excludes halogenated alkanes) is 5. The second-order valence-electron chi connectivity index (χ2n) is 10.0. The number of rotatable bonds is 13. The Morgan fingerprint density at radius 2 is 1.34 bits per heavy atom. The SMILES string of the molecule is CCCCCCCCC(c1nccn1-c1ccccc1)C(C)(Cc1ccccc1)c1ccccc1. The van der Waals surface area contributed by atoms with Gasteiger partial charge in [0.2, 0.25) is 0 Å². The van der Waals surface area contributed by atoms with Crippen molar-refractivity contribution in [2.24, 2.45) is 0 Å². The van der Waals surface area contributed by atoms with Crippen LogP contribution in [0.15, 0.2) is 103 Å². The van der Waals surface area contributed by atoms with Crippen LogP contribution < -0.4 is 0 Å². The molecule has 0 spiro atoms. The van der Waals surface area contributed by atoms with Crippen LogP contribution in [-0.2, 0) is 11.8 Å². The highest BCUT2D eigenvalue weighted by atomic mass is 15.1. The first-order valence-corrected chi connectivity index (χ1v) is 13.4. The Morgan fingerprint density at radius 3 is 2.03 bits per heavy atom. The molecule has 2 atom stereocenters. The van der Waals surface area contributed by atoms with Crippen molar-refractivity contribution in [1.29, 1.82) is 0 Å². The fourth-order valence-electron chi connectivity index (χ4n) is 5.51. The summed E-state index contributed by atoms with van der Waals surface area (Å²) in [6.07, 6.45) is 14.1. The molecule has 35 heavy (non-hydrogen) atoms. The smallest absolute Gasteiger partial charge is 0.117 e. The lowest BCUT2D eigenvalue weighted by atomic mass is 9.66. The van der Waals surface area contributed by atoms with Gasteiger partial charge in [-0.25, -0.2) is 4.98 Å². The number of hydrogen-bond acceptors (Lipinski definition) is 1. The van der Waals surface area contributed by atoms with Gasteiger partial charge >= 0.3 is 0 Å². The summed E-state index contributed by atoms with van der Waals surface area (Å²) in [6, 6.07) is 32.8. The zero-order valence-corrected chi connectivity index (χ0v) is 21.4. The van der Waals surface area contributed by atoms with E-state index in [1.54, 1.807) is 0 Å². The molecule has 0 fully saturated rings. The summed E-state index contributed by atoms with van der Waals surface area (Å²) in [4.78, 5) is 5.02. The molecular weight excluding hydrogens is 424 g/mol. The standard InChI is InChI=1S/C33H40N2/c1-3-4-5-6-7-17-24-31(32-34-25-26-35(32)30-22-15-10-16-23-30)33(2,29-20-13-9-14-21-29)27-28-18-11-8-12-19-28/h8-16,18-23,25-26,31H,3-7,17,24,27H2,1-2H3. The Balaban J connectivity index is 1.73. The first-order chi connectivity index (χ1) is 17.2. The van der Waals surface area contributed by atoms with E-state index in [1.807, 2.05) is 6.20 Å². The number of imidazole rings is 1. The normalized spacial score (nSPS) is 13.9. The van der Waals surface area contributed by atoms with Gasteiger partial charge in [-0.1, -0.05) is 131 Å². The van der Waals surface area contributed by atoms with Crippen LogP contribution >= 0.6 is 0 Å². The van der Waals surface area contributed by atoms with Crippen LogP contribution in [0.2, 0.25) is 0 Å². The Kier molecular flexibility index (Phi) is 8.95. The zero-order chi connectivity index (χ0) is 24.3.